The van der Waals surface area contributed by atoms with Crippen molar-refractivity contribution in [2.24, 2.45) is 0 Å². The number of rotatable bonds is 6. The predicted molar refractivity (Wildman–Crippen MR) is 93.0 cm³/mol. The summed E-state index contributed by atoms with van der Waals surface area (Å²) >= 11 is 0. The van der Waals surface area contributed by atoms with Gasteiger partial charge in [0.15, 0.2) is 11.6 Å². The third kappa shape index (κ3) is 4.28. The summed E-state index contributed by atoms with van der Waals surface area (Å²) in [4.78, 5) is 30.4. The minimum Gasteiger partial charge on any atom is -0.448 e. The van der Waals surface area contributed by atoms with Crippen molar-refractivity contribution in [2.45, 2.75) is 38.6 Å². The minimum atomic E-state index is -0.296. The zero-order chi connectivity index (χ0) is 18.5. The topological polar surface area (TPSA) is 75.4 Å². The van der Waals surface area contributed by atoms with Crippen molar-refractivity contribution >= 4 is 11.8 Å². The first-order valence-electron chi connectivity index (χ1n) is 8.78. The van der Waals surface area contributed by atoms with Crippen molar-refractivity contribution < 1.29 is 18.4 Å². The third-order valence-electron chi connectivity index (χ3n) is 4.59. The first kappa shape index (κ1) is 18.1. The Morgan fingerprint density at radius 2 is 2.19 bits per heavy atom. The standard InChI is InChI=1S/C19H22FN3O3/c1-13-22-17(12-26-13)19(25)23-10-4-6-15(23)11-21-18(24)9-8-14-5-2-3-7-16(14)20/h2-3,5,7,12,15H,4,6,8-11H2,1H3,(H,21,24). The number of aryl methyl sites for hydroxylation is 2. The lowest BCUT2D eigenvalue weighted by molar-refractivity contribution is -0.121. The molecule has 0 bridgehead atoms. The van der Waals surface area contributed by atoms with Crippen molar-refractivity contribution in [3.63, 3.8) is 0 Å². The van der Waals surface area contributed by atoms with E-state index in [2.05, 4.69) is 10.3 Å². The van der Waals surface area contributed by atoms with E-state index < -0.39 is 0 Å². The van der Waals surface area contributed by atoms with Crippen molar-refractivity contribution in [3.8, 4) is 0 Å². The van der Waals surface area contributed by atoms with E-state index in [-0.39, 0.29) is 30.1 Å². The molecule has 26 heavy (non-hydrogen) atoms. The number of halogens is 1. The van der Waals surface area contributed by atoms with E-state index in [1.54, 1.807) is 30.0 Å². The van der Waals surface area contributed by atoms with Crippen LogP contribution in [0.15, 0.2) is 34.9 Å². The lowest BCUT2D eigenvalue weighted by Crippen LogP contribution is -2.43. The summed E-state index contributed by atoms with van der Waals surface area (Å²) < 4.78 is 18.7. The van der Waals surface area contributed by atoms with Crippen molar-refractivity contribution in [3.05, 3.63) is 53.5 Å². The second-order valence-electron chi connectivity index (χ2n) is 6.44. The fourth-order valence-electron chi connectivity index (χ4n) is 3.19. The maximum absolute atomic E-state index is 13.6. The van der Waals surface area contributed by atoms with Gasteiger partial charge in [-0.15, -0.1) is 0 Å². The largest absolute Gasteiger partial charge is 0.448 e. The van der Waals surface area contributed by atoms with Gasteiger partial charge in [0.1, 0.15) is 12.1 Å². The zero-order valence-corrected chi connectivity index (χ0v) is 14.7. The molecule has 6 nitrogen and oxygen atoms in total. The highest BCUT2D eigenvalue weighted by Crippen LogP contribution is 2.19. The molecule has 1 fully saturated rings. The summed E-state index contributed by atoms with van der Waals surface area (Å²) in [5.41, 5.74) is 0.821. The molecule has 1 aliphatic rings. The van der Waals surface area contributed by atoms with Crippen LogP contribution < -0.4 is 5.32 Å². The van der Waals surface area contributed by atoms with Gasteiger partial charge in [-0.05, 0) is 30.9 Å². The van der Waals surface area contributed by atoms with Crippen LogP contribution in [0.1, 0.15) is 41.2 Å². The van der Waals surface area contributed by atoms with Crippen molar-refractivity contribution in [1.82, 2.24) is 15.2 Å². The zero-order valence-electron chi connectivity index (χ0n) is 14.7. The van der Waals surface area contributed by atoms with Crippen LogP contribution in [-0.2, 0) is 11.2 Å². The Bertz CT molecular complexity index is 790. The molecule has 1 atom stereocenters. The summed E-state index contributed by atoms with van der Waals surface area (Å²) in [6.07, 6.45) is 3.64. The number of nitrogens with one attached hydrogen (secondary N) is 1. The summed E-state index contributed by atoms with van der Waals surface area (Å²) in [5, 5.41) is 2.86. The van der Waals surface area contributed by atoms with Gasteiger partial charge in [0.25, 0.3) is 5.91 Å². The van der Waals surface area contributed by atoms with Gasteiger partial charge in [-0.3, -0.25) is 9.59 Å². The van der Waals surface area contributed by atoms with E-state index >= 15 is 0 Å². The second-order valence-corrected chi connectivity index (χ2v) is 6.44. The van der Waals surface area contributed by atoms with Gasteiger partial charge in [0.05, 0.1) is 0 Å². The van der Waals surface area contributed by atoms with Crippen LogP contribution in [0.2, 0.25) is 0 Å². The summed E-state index contributed by atoms with van der Waals surface area (Å²) in [5.74, 6) is -0.170. The molecule has 0 saturated carbocycles. The van der Waals surface area contributed by atoms with Crippen LogP contribution in [0.4, 0.5) is 4.39 Å². The maximum atomic E-state index is 13.6. The Kier molecular flexibility index (Phi) is 5.65. The van der Waals surface area contributed by atoms with Crippen LogP contribution in [0.3, 0.4) is 0 Å². The van der Waals surface area contributed by atoms with Gasteiger partial charge >= 0.3 is 0 Å². The molecular weight excluding hydrogens is 337 g/mol. The van der Waals surface area contributed by atoms with Gasteiger partial charge in [-0.1, -0.05) is 18.2 Å². The molecule has 1 saturated heterocycles. The van der Waals surface area contributed by atoms with E-state index in [9.17, 15) is 14.0 Å². The number of carbonyl (C=O) groups excluding carboxylic acids is 2. The molecule has 1 aliphatic heterocycles. The summed E-state index contributed by atoms with van der Waals surface area (Å²) in [6, 6.07) is 6.39. The molecule has 7 heteroatoms. The molecule has 2 aromatic rings. The number of aromatic nitrogens is 1. The Morgan fingerprint density at radius 1 is 1.38 bits per heavy atom. The molecule has 1 N–H and O–H groups in total. The van der Waals surface area contributed by atoms with Gasteiger partial charge < -0.3 is 14.6 Å². The monoisotopic (exact) mass is 359 g/mol. The molecule has 1 unspecified atom stereocenters. The number of amides is 2. The lowest BCUT2D eigenvalue weighted by Gasteiger charge is -2.24. The fraction of sp³-hybridized carbons (Fsp3) is 0.421. The molecule has 0 spiro atoms. The Labute approximate surface area is 151 Å². The molecule has 1 aromatic heterocycles. The summed E-state index contributed by atoms with van der Waals surface area (Å²) in [7, 11) is 0. The van der Waals surface area contributed by atoms with Crippen molar-refractivity contribution in [2.75, 3.05) is 13.1 Å². The molecule has 0 radical (unpaired) electrons. The fourth-order valence-corrected chi connectivity index (χ4v) is 3.19. The van der Waals surface area contributed by atoms with Crippen LogP contribution in [0, 0.1) is 12.7 Å². The number of hydrogen-bond donors (Lipinski definition) is 1. The first-order valence-corrected chi connectivity index (χ1v) is 8.78. The van der Waals surface area contributed by atoms with E-state index in [1.807, 2.05) is 0 Å². The Morgan fingerprint density at radius 3 is 2.92 bits per heavy atom. The van der Waals surface area contributed by atoms with E-state index in [1.165, 1.54) is 12.3 Å². The number of hydrogen-bond acceptors (Lipinski definition) is 4. The lowest BCUT2D eigenvalue weighted by atomic mass is 10.1. The molecule has 2 amide bonds. The number of carbonyl (C=O) groups is 2. The molecule has 0 aliphatic carbocycles. The second kappa shape index (κ2) is 8.12. The quantitative estimate of drug-likeness (QED) is 0.860. The van der Waals surface area contributed by atoms with Gasteiger partial charge in [-0.2, -0.15) is 0 Å². The smallest absolute Gasteiger partial charge is 0.276 e. The van der Waals surface area contributed by atoms with Gasteiger partial charge in [-0.25, -0.2) is 9.37 Å². The predicted octanol–water partition coefficient (Wildman–Crippen LogP) is 2.48. The third-order valence-corrected chi connectivity index (χ3v) is 4.59. The molecule has 3 rings (SSSR count). The highest BCUT2D eigenvalue weighted by Gasteiger charge is 2.31. The molecule has 138 valence electrons. The van der Waals surface area contributed by atoms with Crippen LogP contribution in [0.25, 0.3) is 0 Å². The summed E-state index contributed by atoms with van der Waals surface area (Å²) in [6.45, 7) is 2.72. The Balaban J connectivity index is 1.49. The molecule has 2 heterocycles. The maximum Gasteiger partial charge on any atom is 0.276 e. The Hall–Kier alpha value is -2.70. The van der Waals surface area contributed by atoms with Crippen LogP contribution in [0.5, 0.6) is 0 Å². The van der Waals surface area contributed by atoms with Gasteiger partial charge in [0.2, 0.25) is 5.91 Å². The van der Waals surface area contributed by atoms with Crippen molar-refractivity contribution in [1.29, 1.82) is 0 Å². The molecule has 1 aromatic carbocycles. The number of likely N-dealkylation sites (tertiary alicyclic amines) is 1. The van der Waals surface area contributed by atoms with Crippen LogP contribution in [-0.4, -0.2) is 40.8 Å². The SMILES string of the molecule is Cc1nc(C(=O)N2CCCC2CNC(=O)CCc2ccccc2F)co1. The first-order chi connectivity index (χ1) is 12.5. The average molecular weight is 359 g/mol. The molecular formula is C19H22FN3O3. The van der Waals surface area contributed by atoms with E-state index in [0.717, 1.165) is 12.8 Å². The number of benzene rings is 1. The number of nitrogens with zero attached hydrogens (tertiary/aromatic N) is 2. The van der Waals surface area contributed by atoms with E-state index in [4.69, 9.17) is 4.42 Å². The average Bonchev–Trinajstić information content (AvgIpc) is 3.27. The highest BCUT2D eigenvalue weighted by molar-refractivity contribution is 5.92. The normalized spacial score (nSPS) is 16.7. The number of oxazole rings is 1. The van der Waals surface area contributed by atoms with Gasteiger partial charge in [0, 0.05) is 32.5 Å². The minimum absolute atomic E-state index is 0.0584. The van der Waals surface area contributed by atoms with E-state index in [0.29, 0.717) is 36.7 Å². The van der Waals surface area contributed by atoms with Crippen LogP contribution >= 0.6 is 0 Å². The highest BCUT2D eigenvalue weighted by atomic mass is 19.1.